The Morgan fingerprint density at radius 2 is 2.00 bits per heavy atom. The van der Waals surface area contributed by atoms with E-state index >= 15 is 0 Å². The number of benzene rings is 1. The van der Waals surface area contributed by atoms with E-state index in [1.807, 2.05) is 42.6 Å². The van der Waals surface area contributed by atoms with Gasteiger partial charge in [-0.3, -0.25) is 19.7 Å². The molecule has 5 rings (SSSR count). The predicted octanol–water partition coefficient (Wildman–Crippen LogP) is 3.48. The number of carbonyl (C=O) groups excluding carboxylic acids is 1. The van der Waals surface area contributed by atoms with Crippen molar-refractivity contribution in [3.8, 4) is 22.6 Å². The largest absolute Gasteiger partial charge is 0.453 e. The molecule has 0 aliphatic carbocycles. The van der Waals surface area contributed by atoms with Gasteiger partial charge in [0.2, 0.25) is 12.7 Å². The number of anilines is 1. The first-order chi connectivity index (χ1) is 14.8. The van der Waals surface area contributed by atoms with Gasteiger partial charge >= 0.3 is 0 Å². The van der Waals surface area contributed by atoms with Crippen molar-refractivity contribution in [3.05, 3.63) is 66.7 Å². The molecule has 4 heterocycles. The molecule has 2 aromatic heterocycles. The van der Waals surface area contributed by atoms with Gasteiger partial charge in [-0.2, -0.15) is 0 Å². The first-order valence-electron chi connectivity index (χ1n) is 10.1. The van der Waals surface area contributed by atoms with Crippen molar-refractivity contribution in [1.82, 2.24) is 14.9 Å². The van der Waals surface area contributed by atoms with E-state index in [0.29, 0.717) is 18.0 Å². The Labute approximate surface area is 174 Å². The molecule has 1 unspecified atom stereocenters. The fourth-order valence-electron chi connectivity index (χ4n) is 4.01. The van der Waals surface area contributed by atoms with E-state index in [2.05, 4.69) is 20.2 Å². The van der Waals surface area contributed by atoms with Crippen LogP contribution in [0.2, 0.25) is 0 Å². The summed E-state index contributed by atoms with van der Waals surface area (Å²) in [5, 5.41) is 3.06. The number of likely N-dealkylation sites (tertiary alicyclic amines) is 1. The molecular formula is C23H22N4O3. The summed E-state index contributed by atoms with van der Waals surface area (Å²) in [6.07, 6.45) is 7.10. The summed E-state index contributed by atoms with van der Waals surface area (Å²) < 4.78 is 11.0. The van der Waals surface area contributed by atoms with E-state index in [4.69, 9.17) is 9.47 Å². The highest BCUT2D eigenvalue weighted by Crippen LogP contribution is 2.35. The second-order valence-corrected chi connectivity index (χ2v) is 7.43. The van der Waals surface area contributed by atoms with Crippen molar-refractivity contribution < 1.29 is 14.3 Å². The molecule has 0 saturated carbocycles. The molecule has 152 valence electrons. The van der Waals surface area contributed by atoms with Crippen molar-refractivity contribution in [3.63, 3.8) is 0 Å². The zero-order valence-corrected chi connectivity index (χ0v) is 16.5. The molecule has 7 heteroatoms. The Morgan fingerprint density at radius 3 is 2.83 bits per heavy atom. The third kappa shape index (κ3) is 3.71. The molecule has 2 aliphatic rings. The molecular weight excluding hydrogens is 380 g/mol. The van der Waals surface area contributed by atoms with Gasteiger partial charge in [0.15, 0.2) is 11.5 Å². The van der Waals surface area contributed by atoms with Gasteiger partial charge in [-0.1, -0.05) is 18.2 Å². The highest BCUT2D eigenvalue weighted by atomic mass is 16.7. The molecule has 0 spiro atoms. The smallest absolute Gasteiger partial charge is 0.241 e. The van der Waals surface area contributed by atoms with Crippen LogP contribution in [-0.2, 0) is 11.3 Å². The van der Waals surface area contributed by atoms with Gasteiger partial charge in [-0.15, -0.1) is 0 Å². The maximum atomic E-state index is 13.0. The standard InChI is InChI=1S/C23H22N4O3/c28-23(26-18-7-5-16(6-8-18)17-3-1-10-24-13-17)20-4-2-12-27(20)14-19-22-21(9-11-25-19)29-15-30-22/h1,3,5-11,13,20H,2,4,12,14-15H2,(H,26,28). The fraction of sp³-hybridized carbons (Fsp3) is 0.261. The van der Waals surface area contributed by atoms with Gasteiger partial charge in [0.1, 0.15) is 5.69 Å². The van der Waals surface area contributed by atoms with Gasteiger partial charge in [-0.05, 0) is 48.7 Å². The summed E-state index contributed by atoms with van der Waals surface area (Å²) in [5.74, 6) is 1.41. The molecule has 1 N–H and O–H groups in total. The van der Waals surface area contributed by atoms with Gasteiger partial charge in [0.25, 0.3) is 0 Å². The van der Waals surface area contributed by atoms with Crippen molar-refractivity contribution in [2.75, 3.05) is 18.7 Å². The third-order valence-electron chi connectivity index (χ3n) is 5.53. The van der Waals surface area contributed by atoms with Crippen molar-refractivity contribution in [2.45, 2.75) is 25.4 Å². The average Bonchev–Trinajstić information content (AvgIpc) is 3.45. The Morgan fingerprint density at radius 1 is 1.10 bits per heavy atom. The summed E-state index contributed by atoms with van der Waals surface area (Å²) >= 11 is 0. The summed E-state index contributed by atoms with van der Waals surface area (Å²) in [7, 11) is 0. The first kappa shape index (κ1) is 18.6. The highest BCUT2D eigenvalue weighted by Gasteiger charge is 2.32. The minimum absolute atomic E-state index is 0.00590. The summed E-state index contributed by atoms with van der Waals surface area (Å²) in [6.45, 7) is 1.63. The van der Waals surface area contributed by atoms with Crippen LogP contribution in [0.4, 0.5) is 5.69 Å². The van der Waals surface area contributed by atoms with Crippen LogP contribution in [-0.4, -0.2) is 40.2 Å². The molecule has 1 fully saturated rings. The van der Waals surface area contributed by atoms with Gasteiger partial charge in [-0.25, -0.2) is 0 Å². The maximum absolute atomic E-state index is 13.0. The van der Waals surface area contributed by atoms with Crippen LogP contribution in [0.15, 0.2) is 61.1 Å². The molecule has 1 amide bonds. The summed E-state index contributed by atoms with van der Waals surface area (Å²) in [5.41, 5.74) is 3.71. The van der Waals surface area contributed by atoms with Crippen molar-refractivity contribution >= 4 is 11.6 Å². The van der Waals surface area contributed by atoms with E-state index in [0.717, 1.165) is 41.9 Å². The van der Waals surface area contributed by atoms with E-state index in [1.54, 1.807) is 18.5 Å². The number of amides is 1. The average molecular weight is 402 g/mol. The number of hydrogen-bond acceptors (Lipinski definition) is 6. The van der Waals surface area contributed by atoms with Crippen molar-refractivity contribution in [1.29, 1.82) is 0 Å². The van der Waals surface area contributed by atoms with Crippen LogP contribution in [0.1, 0.15) is 18.5 Å². The number of carbonyl (C=O) groups is 1. The Bertz CT molecular complexity index is 1040. The molecule has 30 heavy (non-hydrogen) atoms. The lowest BCUT2D eigenvalue weighted by Crippen LogP contribution is -2.39. The van der Waals surface area contributed by atoms with Crippen molar-refractivity contribution in [2.24, 2.45) is 0 Å². The number of fused-ring (bicyclic) bond motifs is 1. The second kappa shape index (κ2) is 8.12. The topological polar surface area (TPSA) is 76.6 Å². The lowest BCUT2D eigenvalue weighted by Gasteiger charge is -2.23. The summed E-state index contributed by atoms with van der Waals surface area (Å²) in [4.78, 5) is 23.7. The number of aromatic nitrogens is 2. The third-order valence-corrected chi connectivity index (χ3v) is 5.53. The van der Waals surface area contributed by atoms with Gasteiger partial charge < -0.3 is 14.8 Å². The zero-order valence-electron chi connectivity index (χ0n) is 16.5. The van der Waals surface area contributed by atoms with Crippen LogP contribution < -0.4 is 14.8 Å². The molecule has 3 aromatic rings. The Kier molecular flexibility index (Phi) is 5.03. The number of nitrogens with zero attached hydrogens (tertiary/aromatic N) is 3. The SMILES string of the molecule is O=C(Nc1ccc(-c2cccnc2)cc1)C1CCCN1Cc1nccc2c1OCO2. The molecule has 1 atom stereocenters. The molecule has 1 saturated heterocycles. The van der Waals surface area contributed by atoms with Crippen LogP contribution in [0.3, 0.4) is 0 Å². The van der Waals surface area contributed by atoms with Crippen LogP contribution in [0.25, 0.3) is 11.1 Å². The molecule has 0 bridgehead atoms. The second-order valence-electron chi connectivity index (χ2n) is 7.43. The van der Waals surface area contributed by atoms with Crippen LogP contribution in [0, 0.1) is 0 Å². The van der Waals surface area contributed by atoms with Crippen LogP contribution >= 0.6 is 0 Å². The first-order valence-corrected chi connectivity index (χ1v) is 10.1. The van der Waals surface area contributed by atoms with E-state index < -0.39 is 0 Å². The number of pyridine rings is 2. The van der Waals surface area contributed by atoms with E-state index in [9.17, 15) is 4.79 Å². The van der Waals surface area contributed by atoms with Gasteiger partial charge in [0.05, 0.1) is 6.04 Å². The minimum atomic E-state index is -0.192. The lowest BCUT2D eigenvalue weighted by atomic mass is 10.1. The molecule has 1 aromatic carbocycles. The number of hydrogen-bond donors (Lipinski definition) is 1. The maximum Gasteiger partial charge on any atom is 0.241 e. The molecule has 0 radical (unpaired) electrons. The monoisotopic (exact) mass is 402 g/mol. The zero-order chi connectivity index (χ0) is 20.3. The highest BCUT2D eigenvalue weighted by molar-refractivity contribution is 5.95. The lowest BCUT2D eigenvalue weighted by molar-refractivity contribution is -0.120. The quantitative estimate of drug-likeness (QED) is 0.704. The Balaban J connectivity index is 1.26. The normalized spacial score (nSPS) is 17.8. The van der Waals surface area contributed by atoms with E-state index in [1.165, 1.54) is 0 Å². The Hall–Kier alpha value is -3.45. The number of ether oxygens (including phenoxy) is 2. The number of nitrogens with one attached hydrogen (secondary N) is 1. The summed E-state index contributed by atoms with van der Waals surface area (Å²) in [6, 6.07) is 13.4. The number of rotatable bonds is 5. The molecule has 2 aliphatic heterocycles. The van der Waals surface area contributed by atoms with E-state index in [-0.39, 0.29) is 18.7 Å². The van der Waals surface area contributed by atoms with Crippen LogP contribution in [0.5, 0.6) is 11.5 Å². The minimum Gasteiger partial charge on any atom is -0.453 e. The van der Waals surface area contributed by atoms with Gasteiger partial charge in [0, 0.05) is 36.9 Å². The molecule has 7 nitrogen and oxygen atoms in total. The predicted molar refractivity (Wildman–Crippen MR) is 112 cm³/mol. The fourth-order valence-corrected chi connectivity index (χ4v) is 4.01.